The number of thiocarbonyl (C=S) groups is 1. The molecular formula is C18H19N3OS. The number of nitrogens with zero attached hydrogens (tertiary/aromatic N) is 1. The van der Waals surface area contributed by atoms with Crippen molar-refractivity contribution in [1.82, 2.24) is 4.98 Å². The minimum Gasteiger partial charge on any atom is -0.436 e. The molecule has 4 nitrogen and oxygen atoms in total. The summed E-state index contributed by atoms with van der Waals surface area (Å²) >= 11 is 4.84. The SMILES string of the molecule is CC(C)(C)c1ccc(-c2nc3ccc(NC(N)=S)cc3o2)cc1. The van der Waals surface area contributed by atoms with Crippen molar-refractivity contribution in [2.24, 2.45) is 5.73 Å². The fourth-order valence-corrected chi connectivity index (χ4v) is 2.50. The van der Waals surface area contributed by atoms with Gasteiger partial charge in [-0.2, -0.15) is 0 Å². The number of anilines is 1. The van der Waals surface area contributed by atoms with Crippen molar-refractivity contribution in [2.45, 2.75) is 26.2 Å². The van der Waals surface area contributed by atoms with Gasteiger partial charge in [-0.3, -0.25) is 0 Å². The van der Waals surface area contributed by atoms with E-state index in [0.29, 0.717) is 11.5 Å². The summed E-state index contributed by atoms with van der Waals surface area (Å²) in [6.45, 7) is 6.58. The zero-order valence-corrected chi connectivity index (χ0v) is 14.2. The van der Waals surface area contributed by atoms with Crippen molar-refractivity contribution >= 4 is 34.1 Å². The molecule has 1 heterocycles. The molecule has 0 aliphatic rings. The van der Waals surface area contributed by atoms with Crippen LogP contribution in [0.15, 0.2) is 46.9 Å². The number of nitrogens with one attached hydrogen (secondary N) is 1. The van der Waals surface area contributed by atoms with Crippen LogP contribution in [0.5, 0.6) is 0 Å². The predicted molar refractivity (Wildman–Crippen MR) is 98.6 cm³/mol. The minimum absolute atomic E-state index is 0.126. The lowest BCUT2D eigenvalue weighted by Crippen LogP contribution is -2.18. The molecule has 1 aromatic heterocycles. The van der Waals surface area contributed by atoms with Crippen LogP contribution < -0.4 is 11.1 Å². The van der Waals surface area contributed by atoms with Crippen molar-refractivity contribution < 1.29 is 4.42 Å². The van der Waals surface area contributed by atoms with Gasteiger partial charge in [0.25, 0.3) is 0 Å². The Labute approximate surface area is 140 Å². The number of benzene rings is 2. The van der Waals surface area contributed by atoms with Crippen molar-refractivity contribution in [2.75, 3.05) is 5.32 Å². The van der Waals surface area contributed by atoms with Crippen molar-refractivity contribution in [1.29, 1.82) is 0 Å². The molecule has 2 aromatic carbocycles. The van der Waals surface area contributed by atoms with Crippen molar-refractivity contribution in [3.05, 3.63) is 48.0 Å². The Kier molecular flexibility index (Phi) is 3.82. The van der Waals surface area contributed by atoms with Gasteiger partial charge in [0, 0.05) is 17.3 Å². The maximum absolute atomic E-state index is 5.87. The molecule has 3 aromatic rings. The summed E-state index contributed by atoms with van der Waals surface area (Å²) in [5, 5.41) is 3.12. The van der Waals surface area contributed by atoms with Gasteiger partial charge in [-0.15, -0.1) is 0 Å². The maximum Gasteiger partial charge on any atom is 0.227 e. The molecule has 3 rings (SSSR count). The first-order chi connectivity index (χ1) is 10.8. The van der Waals surface area contributed by atoms with Gasteiger partial charge >= 0.3 is 0 Å². The fourth-order valence-electron chi connectivity index (χ4n) is 2.38. The van der Waals surface area contributed by atoms with Gasteiger partial charge < -0.3 is 15.5 Å². The summed E-state index contributed by atoms with van der Waals surface area (Å²) in [5.41, 5.74) is 10.1. The van der Waals surface area contributed by atoms with E-state index in [0.717, 1.165) is 16.8 Å². The Morgan fingerprint density at radius 2 is 1.83 bits per heavy atom. The van der Waals surface area contributed by atoms with E-state index in [9.17, 15) is 0 Å². The Hall–Kier alpha value is -2.40. The summed E-state index contributed by atoms with van der Waals surface area (Å²) in [7, 11) is 0. The Bertz CT molecular complexity index is 860. The lowest BCUT2D eigenvalue weighted by molar-refractivity contribution is 0.589. The van der Waals surface area contributed by atoms with Gasteiger partial charge in [0.2, 0.25) is 5.89 Å². The van der Waals surface area contributed by atoms with E-state index in [2.05, 4.69) is 43.2 Å². The highest BCUT2D eigenvalue weighted by molar-refractivity contribution is 7.80. The average Bonchev–Trinajstić information content (AvgIpc) is 2.89. The van der Waals surface area contributed by atoms with Crippen LogP contribution in [0.4, 0.5) is 5.69 Å². The molecule has 3 N–H and O–H groups in total. The van der Waals surface area contributed by atoms with Crippen molar-refractivity contribution in [3.63, 3.8) is 0 Å². The van der Waals surface area contributed by atoms with Crippen LogP contribution in [0.2, 0.25) is 0 Å². The first-order valence-electron chi connectivity index (χ1n) is 7.41. The highest BCUT2D eigenvalue weighted by atomic mass is 32.1. The second kappa shape index (κ2) is 5.66. The first kappa shape index (κ1) is 15.5. The van der Waals surface area contributed by atoms with Crippen LogP contribution in [-0.4, -0.2) is 10.1 Å². The van der Waals surface area contributed by atoms with Crippen LogP contribution in [0, 0.1) is 0 Å². The third-order valence-corrected chi connectivity index (χ3v) is 3.76. The molecule has 118 valence electrons. The average molecular weight is 325 g/mol. The van der Waals surface area contributed by atoms with Crippen LogP contribution in [0.3, 0.4) is 0 Å². The van der Waals surface area contributed by atoms with Gasteiger partial charge in [-0.05, 0) is 47.5 Å². The van der Waals surface area contributed by atoms with E-state index >= 15 is 0 Å². The molecule has 0 aliphatic carbocycles. The molecule has 0 spiro atoms. The van der Waals surface area contributed by atoms with Gasteiger partial charge in [-0.1, -0.05) is 32.9 Å². The van der Waals surface area contributed by atoms with E-state index in [4.69, 9.17) is 22.4 Å². The lowest BCUT2D eigenvalue weighted by Gasteiger charge is -2.18. The topological polar surface area (TPSA) is 64.1 Å². The molecule has 0 amide bonds. The summed E-state index contributed by atoms with van der Waals surface area (Å²) in [6, 6.07) is 13.9. The summed E-state index contributed by atoms with van der Waals surface area (Å²) < 4.78 is 5.87. The number of oxazole rings is 1. The molecule has 0 atom stereocenters. The molecule has 5 heteroatoms. The number of nitrogens with two attached hydrogens (primary N) is 1. The van der Waals surface area contributed by atoms with Crippen LogP contribution in [-0.2, 0) is 5.41 Å². The molecule has 0 bridgehead atoms. The Balaban J connectivity index is 1.95. The van der Waals surface area contributed by atoms with E-state index in [1.54, 1.807) is 0 Å². The third-order valence-electron chi connectivity index (χ3n) is 3.65. The summed E-state index contributed by atoms with van der Waals surface area (Å²) in [6.07, 6.45) is 0. The molecule has 23 heavy (non-hydrogen) atoms. The molecule has 0 fully saturated rings. The van der Waals surface area contributed by atoms with Crippen LogP contribution >= 0.6 is 12.2 Å². The van der Waals surface area contributed by atoms with E-state index in [1.807, 2.05) is 30.3 Å². The summed E-state index contributed by atoms with van der Waals surface area (Å²) in [5.74, 6) is 0.605. The highest BCUT2D eigenvalue weighted by Gasteiger charge is 2.14. The number of hydrogen-bond acceptors (Lipinski definition) is 3. The van der Waals surface area contributed by atoms with Crippen molar-refractivity contribution in [3.8, 4) is 11.5 Å². The molecule has 0 aliphatic heterocycles. The van der Waals surface area contributed by atoms with Gasteiger partial charge in [0.1, 0.15) is 5.52 Å². The Morgan fingerprint density at radius 3 is 2.43 bits per heavy atom. The largest absolute Gasteiger partial charge is 0.436 e. The number of aromatic nitrogens is 1. The predicted octanol–water partition coefficient (Wildman–Crippen LogP) is 4.45. The molecule has 0 saturated heterocycles. The standard InChI is InChI=1S/C18H19N3OS/c1-18(2,3)12-6-4-11(5-7-12)16-21-14-9-8-13(20-17(19)23)10-15(14)22-16/h4-10H,1-3H3,(H3,19,20,23). The van der Waals surface area contributed by atoms with Crippen LogP contribution in [0.1, 0.15) is 26.3 Å². The van der Waals surface area contributed by atoms with Gasteiger partial charge in [0.15, 0.2) is 10.7 Å². The van der Waals surface area contributed by atoms with E-state index in [1.165, 1.54) is 5.56 Å². The number of fused-ring (bicyclic) bond motifs is 1. The van der Waals surface area contributed by atoms with Gasteiger partial charge in [-0.25, -0.2) is 4.98 Å². The fraction of sp³-hybridized carbons (Fsp3) is 0.222. The zero-order chi connectivity index (χ0) is 16.6. The Morgan fingerprint density at radius 1 is 1.13 bits per heavy atom. The molecule has 0 unspecified atom stereocenters. The maximum atomic E-state index is 5.87. The quantitative estimate of drug-likeness (QED) is 0.682. The minimum atomic E-state index is 0.126. The lowest BCUT2D eigenvalue weighted by atomic mass is 9.87. The summed E-state index contributed by atoms with van der Waals surface area (Å²) in [4.78, 5) is 4.54. The van der Waals surface area contributed by atoms with E-state index in [-0.39, 0.29) is 10.5 Å². The second-order valence-corrected chi connectivity index (χ2v) is 6.96. The van der Waals surface area contributed by atoms with Gasteiger partial charge in [0.05, 0.1) is 0 Å². The zero-order valence-electron chi connectivity index (χ0n) is 13.4. The number of rotatable bonds is 2. The smallest absolute Gasteiger partial charge is 0.227 e. The first-order valence-corrected chi connectivity index (χ1v) is 7.82. The third kappa shape index (κ3) is 3.35. The molecular weight excluding hydrogens is 306 g/mol. The monoisotopic (exact) mass is 325 g/mol. The van der Waals surface area contributed by atoms with Crippen LogP contribution in [0.25, 0.3) is 22.6 Å². The highest BCUT2D eigenvalue weighted by Crippen LogP contribution is 2.29. The molecule has 0 saturated carbocycles. The number of hydrogen-bond donors (Lipinski definition) is 2. The normalized spacial score (nSPS) is 11.6. The molecule has 0 radical (unpaired) electrons. The van der Waals surface area contributed by atoms with E-state index < -0.39 is 0 Å². The second-order valence-electron chi connectivity index (χ2n) is 6.52.